The molecule has 0 fully saturated rings. The first kappa shape index (κ1) is 18.5. The molecule has 27 heavy (non-hydrogen) atoms. The molecular weight excluding hydrogens is 401 g/mol. The summed E-state index contributed by atoms with van der Waals surface area (Å²) in [5.41, 5.74) is 5.34. The smallest absolute Gasteiger partial charge is 0.0612 e. The zero-order valence-corrected chi connectivity index (χ0v) is 16.9. The van der Waals surface area contributed by atoms with Crippen molar-refractivity contribution in [1.29, 1.82) is 0 Å². The molecule has 3 aromatic carbocycles. The van der Waals surface area contributed by atoms with Crippen LogP contribution in [0.3, 0.4) is 0 Å². The van der Waals surface area contributed by atoms with Crippen molar-refractivity contribution in [1.82, 2.24) is 10.3 Å². The van der Waals surface area contributed by atoms with Crippen LogP contribution in [0, 0.1) is 0 Å². The Labute approximate surface area is 172 Å². The number of anilines is 2. The van der Waals surface area contributed by atoms with Gasteiger partial charge in [-0.25, -0.2) is 0 Å². The molecule has 3 nitrogen and oxygen atoms in total. The van der Waals surface area contributed by atoms with E-state index in [1.165, 1.54) is 10.9 Å². The quantitative estimate of drug-likeness (QED) is 0.334. The summed E-state index contributed by atoms with van der Waals surface area (Å²) in [4.78, 5) is 3.56. The standard InChI is InChI=1S/C21H18Cl3N3/c1-25-9-8-15-19(26-13-3-5-17(23)18(24)11-13)7-4-14-16-10-12(22)2-6-20(16)27-21(14)15/h2-7,10-11,25-27H,8-9H2,1H3. The Morgan fingerprint density at radius 2 is 1.74 bits per heavy atom. The lowest BCUT2D eigenvalue weighted by Crippen LogP contribution is -2.11. The van der Waals surface area contributed by atoms with Crippen LogP contribution in [0.15, 0.2) is 48.5 Å². The van der Waals surface area contributed by atoms with Crippen molar-refractivity contribution in [3.63, 3.8) is 0 Å². The van der Waals surface area contributed by atoms with Crippen molar-refractivity contribution in [2.45, 2.75) is 6.42 Å². The molecule has 0 bridgehead atoms. The Bertz CT molecular complexity index is 1130. The van der Waals surface area contributed by atoms with Gasteiger partial charge in [0.05, 0.1) is 15.6 Å². The molecule has 0 radical (unpaired) electrons. The van der Waals surface area contributed by atoms with Gasteiger partial charge in [0.2, 0.25) is 0 Å². The third-order valence-corrected chi connectivity index (χ3v) is 5.64. The number of aromatic amines is 1. The number of nitrogens with one attached hydrogen (secondary N) is 3. The third-order valence-electron chi connectivity index (χ3n) is 4.67. The highest BCUT2D eigenvalue weighted by Gasteiger charge is 2.13. The van der Waals surface area contributed by atoms with E-state index in [9.17, 15) is 0 Å². The maximum atomic E-state index is 6.21. The van der Waals surface area contributed by atoms with E-state index < -0.39 is 0 Å². The number of H-pyrrole nitrogens is 1. The summed E-state index contributed by atoms with van der Waals surface area (Å²) in [6, 6.07) is 15.7. The predicted molar refractivity (Wildman–Crippen MR) is 118 cm³/mol. The van der Waals surface area contributed by atoms with Gasteiger partial charge in [0.15, 0.2) is 0 Å². The van der Waals surface area contributed by atoms with Crippen LogP contribution >= 0.6 is 34.8 Å². The van der Waals surface area contributed by atoms with Gasteiger partial charge in [0.25, 0.3) is 0 Å². The molecule has 3 N–H and O–H groups in total. The highest BCUT2D eigenvalue weighted by atomic mass is 35.5. The van der Waals surface area contributed by atoms with Crippen molar-refractivity contribution in [3.05, 3.63) is 69.2 Å². The molecular formula is C21H18Cl3N3. The molecule has 1 aromatic heterocycles. The fraction of sp³-hybridized carbons (Fsp3) is 0.143. The van der Waals surface area contributed by atoms with Gasteiger partial charge in [0.1, 0.15) is 0 Å². The van der Waals surface area contributed by atoms with Crippen LogP contribution in [0.4, 0.5) is 11.4 Å². The number of hydrogen-bond acceptors (Lipinski definition) is 2. The largest absolute Gasteiger partial charge is 0.355 e. The molecule has 0 unspecified atom stereocenters. The number of aromatic nitrogens is 1. The van der Waals surface area contributed by atoms with E-state index in [0.29, 0.717) is 10.0 Å². The highest BCUT2D eigenvalue weighted by Crippen LogP contribution is 2.35. The lowest BCUT2D eigenvalue weighted by atomic mass is 10.0. The summed E-state index contributed by atoms with van der Waals surface area (Å²) in [5, 5.41) is 10.8. The summed E-state index contributed by atoms with van der Waals surface area (Å²) >= 11 is 18.4. The maximum absolute atomic E-state index is 6.21. The molecule has 1 heterocycles. The monoisotopic (exact) mass is 417 g/mol. The van der Waals surface area contributed by atoms with Crippen LogP contribution in [-0.4, -0.2) is 18.6 Å². The zero-order chi connectivity index (χ0) is 19.0. The lowest BCUT2D eigenvalue weighted by Gasteiger charge is -2.14. The van der Waals surface area contributed by atoms with Gasteiger partial charge < -0.3 is 15.6 Å². The lowest BCUT2D eigenvalue weighted by molar-refractivity contribution is 0.795. The molecule has 0 saturated carbocycles. The van der Waals surface area contributed by atoms with E-state index in [0.717, 1.165) is 45.8 Å². The van der Waals surface area contributed by atoms with E-state index in [-0.39, 0.29) is 0 Å². The molecule has 4 rings (SSSR count). The van der Waals surface area contributed by atoms with Crippen LogP contribution < -0.4 is 10.6 Å². The number of benzene rings is 3. The molecule has 138 valence electrons. The molecule has 0 aliphatic heterocycles. The number of halogens is 3. The van der Waals surface area contributed by atoms with Crippen molar-refractivity contribution >= 4 is 68.0 Å². The predicted octanol–water partition coefficient (Wildman–Crippen LogP) is 6.79. The average Bonchev–Trinajstić information content (AvgIpc) is 3.01. The molecule has 4 aromatic rings. The zero-order valence-electron chi connectivity index (χ0n) is 14.7. The summed E-state index contributed by atoms with van der Waals surface area (Å²) in [5.74, 6) is 0. The Morgan fingerprint density at radius 1 is 0.889 bits per heavy atom. The SMILES string of the molecule is CNCCc1c(Nc2ccc(Cl)c(Cl)c2)ccc2c1[nH]c1ccc(Cl)cc12. The van der Waals surface area contributed by atoms with E-state index in [1.54, 1.807) is 6.07 Å². The molecule has 0 aliphatic carbocycles. The van der Waals surface area contributed by atoms with Gasteiger partial charge in [-0.2, -0.15) is 0 Å². The van der Waals surface area contributed by atoms with Crippen LogP contribution in [0.2, 0.25) is 15.1 Å². The first-order valence-corrected chi connectivity index (χ1v) is 9.79. The van der Waals surface area contributed by atoms with Crippen LogP contribution in [0.1, 0.15) is 5.56 Å². The van der Waals surface area contributed by atoms with E-state index >= 15 is 0 Å². The number of hydrogen-bond donors (Lipinski definition) is 3. The normalized spacial score (nSPS) is 11.4. The van der Waals surface area contributed by atoms with Gasteiger partial charge in [0, 0.05) is 38.3 Å². The van der Waals surface area contributed by atoms with Crippen molar-refractivity contribution in [2.75, 3.05) is 18.9 Å². The van der Waals surface area contributed by atoms with Gasteiger partial charge in [-0.05, 0) is 62.5 Å². The first-order chi connectivity index (χ1) is 13.1. The van der Waals surface area contributed by atoms with Crippen molar-refractivity contribution in [2.24, 2.45) is 0 Å². The summed E-state index contributed by atoms with van der Waals surface area (Å²) < 4.78 is 0. The molecule has 0 amide bonds. The first-order valence-electron chi connectivity index (χ1n) is 8.66. The second kappa shape index (κ2) is 7.61. The minimum Gasteiger partial charge on any atom is -0.355 e. The van der Waals surface area contributed by atoms with Crippen LogP contribution in [0.5, 0.6) is 0 Å². The fourth-order valence-corrected chi connectivity index (χ4v) is 3.82. The van der Waals surface area contributed by atoms with Gasteiger partial charge >= 0.3 is 0 Å². The maximum Gasteiger partial charge on any atom is 0.0612 e. The van der Waals surface area contributed by atoms with Crippen LogP contribution in [0.25, 0.3) is 21.8 Å². The Balaban J connectivity index is 1.85. The third kappa shape index (κ3) is 3.61. The Kier molecular flexibility index (Phi) is 5.20. The van der Waals surface area contributed by atoms with E-state index in [1.807, 2.05) is 37.4 Å². The van der Waals surface area contributed by atoms with Crippen LogP contribution in [-0.2, 0) is 6.42 Å². The second-order valence-electron chi connectivity index (χ2n) is 6.44. The van der Waals surface area contributed by atoms with E-state index in [4.69, 9.17) is 34.8 Å². The number of fused-ring (bicyclic) bond motifs is 3. The fourth-order valence-electron chi connectivity index (χ4n) is 3.35. The van der Waals surface area contributed by atoms with Gasteiger partial charge in [-0.3, -0.25) is 0 Å². The van der Waals surface area contributed by atoms with E-state index in [2.05, 4.69) is 27.8 Å². The summed E-state index contributed by atoms with van der Waals surface area (Å²) in [6.07, 6.45) is 0.873. The van der Waals surface area contributed by atoms with Gasteiger partial charge in [-0.1, -0.05) is 40.9 Å². The van der Waals surface area contributed by atoms with Crippen molar-refractivity contribution < 1.29 is 0 Å². The minimum absolute atomic E-state index is 0.528. The highest BCUT2D eigenvalue weighted by molar-refractivity contribution is 6.42. The van der Waals surface area contributed by atoms with Crippen molar-refractivity contribution in [3.8, 4) is 0 Å². The molecule has 0 spiro atoms. The summed E-state index contributed by atoms with van der Waals surface area (Å²) in [6.45, 7) is 0.866. The molecule has 0 saturated heterocycles. The Morgan fingerprint density at radius 3 is 2.52 bits per heavy atom. The average molecular weight is 419 g/mol. The number of likely N-dealkylation sites (N-methyl/N-ethyl adjacent to an activating group) is 1. The molecule has 0 aliphatic rings. The Hall–Kier alpha value is -1.91. The molecule has 0 atom stereocenters. The number of rotatable bonds is 5. The minimum atomic E-state index is 0.528. The molecule has 6 heteroatoms. The van der Waals surface area contributed by atoms with Gasteiger partial charge in [-0.15, -0.1) is 0 Å². The summed E-state index contributed by atoms with van der Waals surface area (Å²) in [7, 11) is 1.96. The topological polar surface area (TPSA) is 39.8 Å². The second-order valence-corrected chi connectivity index (χ2v) is 7.69.